The molecule has 4 aromatic carbocycles. The van der Waals surface area contributed by atoms with Gasteiger partial charge in [0.05, 0.1) is 25.0 Å². The van der Waals surface area contributed by atoms with Gasteiger partial charge in [0.25, 0.3) is 0 Å². The van der Waals surface area contributed by atoms with Crippen molar-refractivity contribution >= 4 is 50.4 Å². The summed E-state index contributed by atoms with van der Waals surface area (Å²) in [5.41, 5.74) is 5.06. The molecule has 2 amide bonds. The average molecular weight is 948 g/mol. The first-order chi connectivity index (χ1) is 33.0. The Labute approximate surface area is 400 Å². The zero-order chi connectivity index (χ0) is 49.4. The molecule has 16 nitrogen and oxygen atoms in total. The van der Waals surface area contributed by atoms with Gasteiger partial charge in [-0.2, -0.15) is 4.58 Å². The molecule has 4 aromatic rings. The largest absolute Gasteiger partial charge is 0.394 e. The molecule has 16 heteroatoms. The van der Waals surface area contributed by atoms with Crippen molar-refractivity contribution in [2.75, 3.05) is 31.2 Å². The molecule has 10 atom stereocenters. The molecule has 366 valence electrons. The third kappa shape index (κ3) is 9.54. The Balaban J connectivity index is 1.02. The highest BCUT2D eigenvalue weighted by Gasteiger charge is 2.48. The summed E-state index contributed by atoms with van der Waals surface area (Å²) >= 11 is 0. The molecular formula is C53H63N4O12+. The Morgan fingerprint density at radius 2 is 1.16 bits per heavy atom. The molecule has 4 aliphatic heterocycles. The van der Waals surface area contributed by atoms with Gasteiger partial charge < -0.3 is 65.9 Å². The van der Waals surface area contributed by atoms with E-state index in [9.17, 15) is 50.4 Å². The molecule has 10 N–H and O–H groups in total. The van der Waals surface area contributed by atoms with Gasteiger partial charge in [0.2, 0.25) is 17.5 Å². The molecule has 2 fully saturated rings. The number of benzene rings is 4. The molecule has 0 radical (unpaired) electrons. The lowest BCUT2D eigenvalue weighted by Gasteiger charge is -2.40. The normalized spacial score (nSPS) is 29.2. The lowest BCUT2D eigenvalue weighted by atomic mass is 9.79. The van der Waals surface area contributed by atoms with Crippen LogP contribution in [0.3, 0.4) is 0 Å². The lowest BCUT2D eigenvalue weighted by molar-refractivity contribution is -0.436. The minimum atomic E-state index is -1.63. The Kier molecular flexibility index (Phi) is 14.7. The van der Waals surface area contributed by atoms with Crippen LogP contribution >= 0.6 is 0 Å². The number of allylic oxidation sites excluding steroid dienone is 8. The summed E-state index contributed by atoms with van der Waals surface area (Å²) in [5, 5.41) is 91.5. The number of hydrogen-bond donors (Lipinski definition) is 10. The van der Waals surface area contributed by atoms with Gasteiger partial charge in [0.15, 0.2) is 24.8 Å². The summed E-state index contributed by atoms with van der Waals surface area (Å²) in [7, 11) is 0. The third-order valence-electron chi connectivity index (χ3n) is 14.0. The van der Waals surface area contributed by atoms with Crippen molar-refractivity contribution in [2.24, 2.45) is 0 Å². The van der Waals surface area contributed by atoms with E-state index in [2.05, 4.69) is 96.3 Å². The van der Waals surface area contributed by atoms with Gasteiger partial charge in [-0.3, -0.25) is 9.59 Å². The van der Waals surface area contributed by atoms with E-state index in [1.165, 1.54) is 0 Å². The Morgan fingerprint density at radius 1 is 0.638 bits per heavy atom. The number of amides is 2. The van der Waals surface area contributed by atoms with Crippen LogP contribution in [0.5, 0.6) is 0 Å². The van der Waals surface area contributed by atoms with Crippen molar-refractivity contribution in [1.29, 1.82) is 0 Å². The van der Waals surface area contributed by atoms with Crippen molar-refractivity contribution in [3.63, 3.8) is 0 Å². The van der Waals surface area contributed by atoms with E-state index in [4.69, 9.17) is 9.47 Å². The van der Waals surface area contributed by atoms with Gasteiger partial charge in [-0.15, -0.1) is 0 Å². The van der Waals surface area contributed by atoms with Gasteiger partial charge in [-0.1, -0.05) is 98.8 Å². The maximum Gasteiger partial charge on any atom is 0.226 e. The predicted molar refractivity (Wildman–Crippen MR) is 260 cm³/mol. The number of carbonyl (C=O) groups excluding carboxylic acids is 2. The number of fused-ring (bicyclic) bond motifs is 6. The van der Waals surface area contributed by atoms with Gasteiger partial charge in [-0.05, 0) is 59.2 Å². The van der Waals surface area contributed by atoms with Crippen molar-refractivity contribution in [2.45, 2.75) is 113 Å². The molecular weight excluding hydrogens is 885 g/mol. The highest BCUT2D eigenvalue weighted by atomic mass is 16.6. The summed E-state index contributed by atoms with van der Waals surface area (Å²) < 4.78 is 12.6. The van der Waals surface area contributed by atoms with Crippen LogP contribution in [-0.2, 0) is 29.9 Å². The highest BCUT2D eigenvalue weighted by Crippen LogP contribution is 2.51. The number of anilines is 1. The maximum atomic E-state index is 13.4. The van der Waals surface area contributed by atoms with Crippen LogP contribution in [0.15, 0.2) is 121 Å². The van der Waals surface area contributed by atoms with Crippen molar-refractivity contribution in [3.05, 3.63) is 132 Å². The topological polar surface area (TPSA) is 245 Å². The van der Waals surface area contributed by atoms with Crippen LogP contribution in [0, 0.1) is 0 Å². The number of carbonyl (C=O) groups is 2. The molecule has 2 saturated heterocycles. The quantitative estimate of drug-likeness (QED) is 0.0646. The summed E-state index contributed by atoms with van der Waals surface area (Å²) in [5.74, 6) is -0.941. The molecule has 0 aromatic heterocycles. The average Bonchev–Trinajstić information content (AvgIpc) is 3.70. The van der Waals surface area contributed by atoms with Crippen LogP contribution in [0.4, 0.5) is 11.4 Å². The molecule has 0 spiro atoms. The molecule has 0 unspecified atom stereocenters. The monoisotopic (exact) mass is 947 g/mol. The summed E-state index contributed by atoms with van der Waals surface area (Å²) in [6.07, 6.45) is 1.93. The standard InChI is InChI=1S/C53H62N4O12/c1-52(2)38(56(34-22-20-30-14-10-12-16-32(30)42(34)52)26-24-40(60)54-44-48(64)46(62)36(28-58)68-50(44)66)18-8-6-5-7-9-19-39-53(3,4)43-33-17-13-11-15-31(33)21-23-35(43)57(39)27-25-41(61)55-45-49(65)47(63)37(29-59)69-51(45)67/h5-23,36-37,44-51,58-59,62-67H,24-29H2,1-4H3,(H-,54,55,60,61)/p+1/t36-,37-,44-,45-,46-,47-,48-,49-,50-,51-/m1/s1. The SMILES string of the molecule is CC1(C)C(=CC=CC=CC=CC2=[N+](CCC(=O)N[C@@H]3[C@@H](O)[C@H](O)[C@@H](CO)O[C@H]3O)c3ccc4ccccc4c3C2(C)C)N(CCC(=O)N[C@@H]2[C@@H](O)[C@H](O)[C@@H](CO)O[C@H]2O)c2ccc3ccccc3c21. The number of ether oxygens (including phenoxy) is 2. The molecule has 8 rings (SSSR count). The second kappa shape index (κ2) is 20.4. The van der Waals surface area contributed by atoms with E-state index < -0.39 is 97.1 Å². The van der Waals surface area contributed by atoms with Crippen LogP contribution in [0.2, 0.25) is 0 Å². The number of rotatable bonds is 14. The minimum Gasteiger partial charge on any atom is -0.394 e. The fraction of sp³-hybridized carbons (Fsp3) is 0.415. The van der Waals surface area contributed by atoms with E-state index in [-0.39, 0.29) is 25.9 Å². The molecule has 0 saturated carbocycles. The first kappa shape index (κ1) is 49.8. The number of nitrogens with zero attached hydrogens (tertiary/aromatic N) is 2. The van der Waals surface area contributed by atoms with Crippen molar-refractivity contribution in [1.82, 2.24) is 10.6 Å². The molecule has 0 bridgehead atoms. The Morgan fingerprint density at radius 3 is 1.75 bits per heavy atom. The first-order valence-corrected chi connectivity index (χ1v) is 23.4. The van der Waals surface area contributed by atoms with Gasteiger partial charge >= 0.3 is 0 Å². The zero-order valence-electron chi connectivity index (χ0n) is 39.1. The van der Waals surface area contributed by atoms with E-state index in [0.29, 0.717) is 0 Å². The second-order valence-electron chi connectivity index (χ2n) is 19.1. The molecule has 0 aliphatic carbocycles. The van der Waals surface area contributed by atoms with Gasteiger partial charge in [0.1, 0.15) is 48.7 Å². The van der Waals surface area contributed by atoms with Crippen LogP contribution in [-0.4, -0.2) is 151 Å². The van der Waals surface area contributed by atoms with Gasteiger partial charge in [0, 0.05) is 47.5 Å². The van der Waals surface area contributed by atoms with Crippen LogP contribution < -0.4 is 15.5 Å². The summed E-state index contributed by atoms with van der Waals surface area (Å²) in [6.45, 7) is 7.89. The van der Waals surface area contributed by atoms with E-state index in [0.717, 1.165) is 55.5 Å². The zero-order valence-corrected chi connectivity index (χ0v) is 39.1. The fourth-order valence-corrected chi connectivity index (χ4v) is 10.5. The number of aliphatic hydroxyl groups excluding tert-OH is 8. The first-order valence-electron chi connectivity index (χ1n) is 23.4. The van der Waals surface area contributed by atoms with E-state index in [1.54, 1.807) is 0 Å². The smallest absolute Gasteiger partial charge is 0.226 e. The van der Waals surface area contributed by atoms with Crippen LogP contribution in [0.25, 0.3) is 21.5 Å². The summed E-state index contributed by atoms with van der Waals surface area (Å²) in [4.78, 5) is 28.9. The Hall–Kier alpha value is -5.63. The lowest BCUT2D eigenvalue weighted by Crippen LogP contribution is -2.64. The molecule has 69 heavy (non-hydrogen) atoms. The molecule has 4 heterocycles. The minimum absolute atomic E-state index is 0.0161. The predicted octanol–water partition coefficient (Wildman–Crippen LogP) is 2.33. The molecule has 4 aliphatic rings. The van der Waals surface area contributed by atoms with E-state index in [1.807, 2.05) is 66.8 Å². The van der Waals surface area contributed by atoms with Gasteiger partial charge in [-0.25, -0.2) is 0 Å². The highest BCUT2D eigenvalue weighted by molar-refractivity contribution is 6.07. The number of hydrogen-bond acceptors (Lipinski definition) is 13. The second-order valence-corrected chi connectivity index (χ2v) is 19.1. The third-order valence-corrected chi connectivity index (χ3v) is 14.0. The van der Waals surface area contributed by atoms with E-state index >= 15 is 0 Å². The maximum absolute atomic E-state index is 13.4. The van der Waals surface area contributed by atoms with Crippen molar-refractivity contribution in [3.8, 4) is 0 Å². The number of aliphatic hydroxyl groups is 8. The summed E-state index contributed by atoms with van der Waals surface area (Å²) in [6, 6.07) is 22.0. The Bertz CT molecular complexity index is 2730. The number of nitrogens with one attached hydrogen (secondary N) is 2. The fourth-order valence-electron chi connectivity index (χ4n) is 10.5. The van der Waals surface area contributed by atoms with Crippen LogP contribution in [0.1, 0.15) is 51.7 Å². The van der Waals surface area contributed by atoms with Crippen molar-refractivity contribution < 1.29 is 64.5 Å².